The number of para-hydroxylation sites is 1. The Kier molecular flexibility index (Phi) is 5.05. The molecule has 5 nitrogen and oxygen atoms in total. The molecule has 1 aromatic heterocycles. The smallest absolute Gasteiger partial charge is 0.372 e. The second-order valence-corrected chi connectivity index (χ2v) is 4.78. The highest BCUT2D eigenvalue weighted by Crippen LogP contribution is 2.34. The van der Waals surface area contributed by atoms with Crippen LogP contribution in [0.25, 0.3) is 5.69 Å². The number of aryl methyl sites for hydroxylation is 1. The summed E-state index contributed by atoms with van der Waals surface area (Å²) in [7, 11) is 0. The first kappa shape index (κ1) is 17.0. The molecule has 8 heteroatoms. The largest absolute Gasteiger partial charge is 0.418 e. The maximum Gasteiger partial charge on any atom is 0.418 e. The van der Waals surface area contributed by atoms with E-state index in [0.717, 1.165) is 10.7 Å². The van der Waals surface area contributed by atoms with Gasteiger partial charge in [-0.2, -0.15) is 18.3 Å². The number of anilines is 1. The second-order valence-electron chi connectivity index (χ2n) is 4.78. The number of carbonyl (C=O) groups excluding carboxylic acids is 1. The molecule has 0 aliphatic carbocycles. The van der Waals surface area contributed by atoms with Gasteiger partial charge in [0.05, 0.1) is 16.9 Å². The average molecular weight is 327 g/mol. The highest BCUT2D eigenvalue weighted by molar-refractivity contribution is 5.91. The van der Waals surface area contributed by atoms with Crippen molar-refractivity contribution in [2.75, 3.05) is 18.5 Å². The van der Waals surface area contributed by atoms with Gasteiger partial charge in [0.25, 0.3) is 5.91 Å². The van der Waals surface area contributed by atoms with Gasteiger partial charge in [0.15, 0.2) is 0 Å². The van der Waals surface area contributed by atoms with Gasteiger partial charge < -0.3 is 10.1 Å². The van der Waals surface area contributed by atoms with E-state index in [2.05, 4.69) is 10.4 Å². The molecule has 124 valence electrons. The zero-order valence-electron chi connectivity index (χ0n) is 12.6. The Morgan fingerprint density at radius 1 is 1.35 bits per heavy atom. The lowest BCUT2D eigenvalue weighted by molar-refractivity contribution is -0.137. The van der Waals surface area contributed by atoms with Crippen molar-refractivity contribution in [2.45, 2.75) is 20.0 Å². The fraction of sp³-hybridized carbons (Fsp3) is 0.333. The van der Waals surface area contributed by atoms with Crippen molar-refractivity contribution >= 4 is 11.7 Å². The monoisotopic (exact) mass is 327 g/mol. The van der Waals surface area contributed by atoms with E-state index in [9.17, 15) is 18.0 Å². The zero-order chi connectivity index (χ0) is 17.0. The van der Waals surface area contributed by atoms with Crippen molar-refractivity contribution in [1.29, 1.82) is 0 Å². The molecule has 0 unspecified atom stereocenters. The number of alkyl halides is 3. The highest BCUT2D eigenvalue weighted by atomic mass is 19.4. The number of carbonyl (C=O) groups is 1. The molecule has 2 rings (SSSR count). The van der Waals surface area contributed by atoms with E-state index in [0.29, 0.717) is 12.3 Å². The summed E-state index contributed by atoms with van der Waals surface area (Å²) in [5.74, 6) is -0.304. The van der Waals surface area contributed by atoms with Crippen LogP contribution in [-0.4, -0.2) is 28.9 Å². The van der Waals surface area contributed by atoms with Gasteiger partial charge in [-0.15, -0.1) is 0 Å². The number of halogens is 3. The van der Waals surface area contributed by atoms with Gasteiger partial charge in [-0.05, 0) is 26.0 Å². The van der Waals surface area contributed by atoms with Gasteiger partial charge in [-0.1, -0.05) is 12.1 Å². The third-order valence-corrected chi connectivity index (χ3v) is 2.97. The third-order valence-electron chi connectivity index (χ3n) is 2.97. The molecule has 0 atom stereocenters. The minimum absolute atomic E-state index is 0.153. The third kappa shape index (κ3) is 4.10. The van der Waals surface area contributed by atoms with E-state index >= 15 is 0 Å². The molecule has 0 aliphatic heterocycles. The van der Waals surface area contributed by atoms with Crippen LogP contribution in [0.4, 0.5) is 19.0 Å². The number of hydrogen-bond acceptors (Lipinski definition) is 3. The first-order chi connectivity index (χ1) is 10.8. The van der Waals surface area contributed by atoms with E-state index in [4.69, 9.17) is 4.74 Å². The zero-order valence-corrected chi connectivity index (χ0v) is 12.6. The summed E-state index contributed by atoms with van der Waals surface area (Å²) >= 11 is 0. The van der Waals surface area contributed by atoms with Crippen LogP contribution >= 0.6 is 0 Å². The fourth-order valence-electron chi connectivity index (χ4n) is 2.04. The summed E-state index contributed by atoms with van der Waals surface area (Å²) in [6.45, 7) is 3.55. The summed E-state index contributed by atoms with van der Waals surface area (Å²) in [5.41, 5.74) is -0.503. The molecule has 1 heterocycles. The number of hydrogen-bond donors (Lipinski definition) is 1. The van der Waals surface area contributed by atoms with E-state index in [1.54, 1.807) is 13.8 Å². The normalized spacial score (nSPS) is 11.5. The molecule has 0 fully saturated rings. The topological polar surface area (TPSA) is 56.1 Å². The van der Waals surface area contributed by atoms with Crippen LogP contribution in [0.1, 0.15) is 18.2 Å². The number of nitrogens with one attached hydrogen (secondary N) is 1. The number of aromatic nitrogens is 2. The molecular formula is C15H16F3N3O2. The van der Waals surface area contributed by atoms with Crippen molar-refractivity contribution in [3.8, 4) is 5.69 Å². The van der Waals surface area contributed by atoms with E-state index < -0.39 is 17.6 Å². The van der Waals surface area contributed by atoms with Crippen LogP contribution in [0.2, 0.25) is 0 Å². The van der Waals surface area contributed by atoms with E-state index in [1.165, 1.54) is 24.3 Å². The molecule has 0 bridgehead atoms. The maximum absolute atomic E-state index is 13.2. The molecule has 1 amide bonds. The number of benzene rings is 1. The molecule has 1 N–H and O–H groups in total. The molecule has 1 aromatic carbocycles. The van der Waals surface area contributed by atoms with Crippen molar-refractivity contribution in [3.05, 3.63) is 41.6 Å². The lowest BCUT2D eigenvalue weighted by Crippen LogP contribution is -2.21. The number of nitrogens with zero attached hydrogens (tertiary/aromatic N) is 2. The predicted octanol–water partition coefficient (Wildman–Crippen LogP) is 3.17. The lowest BCUT2D eigenvalue weighted by Gasteiger charge is -2.15. The summed E-state index contributed by atoms with van der Waals surface area (Å²) < 4.78 is 45.5. The molecule has 23 heavy (non-hydrogen) atoms. The SMILES string of the molecule is CCOCC(=O)Nc1cc(C)nn1-c1ccccc1C(F)(F)F. The van der Waals surface area contributed by atoms with Gasteiger partial charge in [0.1, 0.15) is 12.4 Å². The first-order valence-electron chi connectivity index (χ1n) is 6.93. The van der Waals surface area contributed by atoms with Crippen LogP contribution in [0.5, 0.6) is 0 Å². The Balaban J connectivity index is 2.40. The summed E-state index contributed by atoms with van der Waals surface area (Å²) in [4.78, 5) is 11.7. The van der Waals surface area contributed by atoms with Crippen LogP contribution in [0.15, 0.2) is 30.3 Å². The minimum Gasteiger partial charge on any atom is -0.372 e. The summed E-state index contributed by atoms with van der Waals surface area (Å²) in [5, 5.41) is 6.56. The Bertz CT molecular complexity index is 696. The highest BCUT2D eigenvalue weighted by Gasteiger charge is 2.34. The number of rotatable bonds is 5. The van der Waals surface area contributed by atoms with Crippen LogP contribution in [0, 0.1) is 6.92 Å². The number of amides is 1. The van der Waals surface area contributed by atoms with Crippen molar-refractivity contribution in [3.63, 3.8) is 0 Å². The molecule has 0 radical (unpaired) electrons. The molecule has 0 saturated heterocycles. The first-order valence-corrected chi connectivity index (χ1v) is 6.93. The summed E-state index contributed by atoms with van der Waals surface area (Å²) in [6, 6.07) is 6.55. The van der Waals surface area contributed by atoms with Crippen molar-refractivity contribution < 1.29 is 22.7 Å². The Hall–Kier alpha value is -2.35. The molecule has 2 aromatic rings. The van der Waals surface area contributed by atoms with E-state index in [-0.39, 0.29) is 18.1 Å². The van der Waals surface area contributed by atoms with Gasteiger partial charge in [0.2, 0.25) is 0 Å². The van der Waals surface area contributed by atoms with Crippen molar-refractivity contribution in [2.24, 2.45) is 0 Å². The summed E-state index contributed by atoms with van der Waals surface area (Å²) in [6.07, 6.45) is -4.52. The Morgan fingerprint density at radius 2 is 2.04 bits per heavy atom. The minimum atomic E-state index is -4.52. The fourth-order valence-corrected chi connectivity index (χ4v) is 2.04. The van der Waals surface area contributed by atoms with Gasteiger partial charge >= 0.3 is 6.18 Å². The van der Waals surface area contributed by atoms with Gasteiger partial charge in [-0.25, -0.2) is 4.68 Å². The standard InChI is InChI=1S/C15H16F3N3O2/c1-3-23-9-14(22)19-13-8-10(2)20-21(13)12-7-5-4-6-11(12)15(16,17)18/h4-8H,3,9H2,1-2H3,(H,19,22). The van der Waals surface area contributed by atoms with Gasteiger partial charge in [0, 0.05) is 12.7 Å². The Morgan fingerprint density at radius 3 is 2.70 bits per heavy atom. The van der Waals surface area contributed by atoms with Crippen molar-refractivity contribution in [1.82, 2.24) is 9.78 Å². The van der Waals surface area contributed by atoms with Crippen LogP contribution in [0.3, 0.4) is 0 Å². The van der Waals surface area contributed by atoms with Gasteiger partial charge in [-0.3, -0.25) is 4.79 Å². The average Bonchev–Trinajstić information content (AvgIpc) is 2.84. The predicted molar refractivity (Wildman–Crippen MR) is 78.4 cm³/mol. The molecule has 0 aliphatic rings. The molecule has 0 saturated carbocycles. The number of ether oxygens (including phenoxy) is 1. The Labute approximate surface area is 131 Å². The maximum atomic E-state index is 13.2. The van der Waals surface area contributed by atoms with Crippen LogP contribution < -0.4 is 5.32 Å². The molecule has 0 spiro atoms. The quantitative estimate of drug-likeness (QED) is 0.918. The van der Waals surface area contributed by atoms with E-state index in [1.807, 2.05) is 0 Å². The van der Waals surface area contributed by atoms with Crippen LogP contribution in [-0.2, 0) is 15.7 Å². The lowest BCUT2D eigenvalue weighted by atomic mass is 10.1. The molecular weight excluding hydrogens is 311 g/mol. The second kappa shape index (κ2) is 6.82.